The number of fused-ring (bicyclic) bond motifs is 1. The van der Waals surface area contributed by atoms with E-state index in [1.807, 2.05) is 0 Å². The zero-order valence-corrected chi connectivity index (χ0v) is 9.29. The standard InChI is InChI=1S/C11H11F3N2O2/c12-11(13,14)7-2-3-8-9(6-7)16(4-1-5-17)10(18)15-8/h2-3,6,17H,1,4-5H2,(H,15,18). The van der Waals surface area contributed by atoms with Crippen LogP contribution in [-0.2, 0) is 12.7 Å². The number of hydrogen-bond donors (Lipinski definition) is 2. The molecular weight excluding hydrogens is 249 g/mol. The molecule has 0 fully saturated rings. The number of nitrogens with zero attached hydrogens (tertiary/aromatic N) is 1. The third-order valence-electron chi connectivity index (χ3n) is 2.64. The summed E-state index contributed by atoms with van der Waals surface area (Å²) in [6.45, 7) is 0.0503. The first kappa shape index (κ1) is 12.7. The van der Waals surface area contributed by atoms with E-state index in [0.717, 1.165) is 12.1 Å². The minimum absolute atomic E-state index is 0.127. The molecule has 7 heteroatoms. The number of rotatable bonds is 3. The molecular formula is C11H11F3N2O2. The van der Waals surface area contributed by atoms with E-state index in [1.54, 1.807) is 0 Å². The molecule has 0 spiro atoms. The highest BCUT2D eigenvalue weighted by Crippen LogP contribution is 2.30. The van der Waals surface area contributed by atoms with Crippen LogP contribution in [-0.4, -0.2) is 21.3 Å². The van der Waals surface area contributed by atoms with Crippen molar-refractivity contribution in [3.8, 4) is 0 Å². The summed E-state index contributed by atoms with van der Waals surface area (Å²) in [5, 5.41) is 8.71. The van der Waals surface area contributed by atoms with Crippen LogP contribution in [0, 0.1) is 0 Å². The predicted molar refractivity (Wildman–Crippen MR) is 59.3 cm³/mol. The highest BCUT2D eigenvalue weighted by molar-refractivity contribution is 5.76. The molecule has 0 radical (unpaired) electrons. The average Bonchev–Trinajstić information content (AvgIpc) is 2.60. The molecule has 18 heavy (non-hydrogen) atoms. The third kappa shape index (κ3) is 2.26. The summed E-state index contributed by atoms with van der Waals surface area (Å²) in [5.41, 5.74) is -0.723. The Kier molecular flexibility index (Phi) is 3.16. The summed E-state index contributed by atoms with van der Waals surface area (Å²) in [6, 6.07) is 3.09. The van der Waals surface area contributed by atoms with Gasteiger partial charge in [0.2, 0.25) is 0 Å². The Morgan fingerprint density at radius 1 is 1.33 bits per heavy atom. The SMILES string of the molecule is O=c1[nH]c2ccc(C(F)(F)F)cc2n1CCCO. The topological polar surface area (TPSA) is 58.0 Å². The minimum Gasteiger partial charge on any atom is -0.396 e. The Morgan fingerprint density at radius 2 is 2.06 bits per heavy atom. The maximum Gasteiger partial charge on any atom is 0.416 e. The zero-order valence-electron chi connectivity index (χ0n) is 9.29. The second-order valence-electron chi connectivity index (χ2n) is 3.89. The second kappa shape index (κ2) is 4.49. The van der Waals surface area contributed by atoms with Crippen LogP contribution in [0.1, 0.15) is 12.0 Å². The molecule has 2 aromatic rings. The molecule has 0 aliphatic rings. The average molecular weight is 260 g/mol. The Hall–Kier alpha value is -1.76. The van der Waals surface area contributed by atoms with Crippen molar-refractivity contribution < 1.29 is 18.3 Å². The van der Waals surface area contributed by atoms with Gasteiger partial charge in [-0.15, -0.1) is 0 Å². The summed E-state index contributed by atoms with van der Waals surface area (Å²) in [7, 11) is 0. The summed E-state index contributed by atoms with van der Waals surface area (Å²) in [5.74, 6) is 0. The lowest BCUT2D eigenvalue weighted by molar-refractivity contribution is -0.137. The number of alkyl halides is 3. The molecule has 0 aliphatic heterocycles. The van der Waals surface area contributed by atoms with Crippen molar-refractivity contribution in [1.29, 1.82) is 0 Å². The van der Waals surface area contributed by atoms with Gasteiger partial charge >= 0.3 is 11.9 Å². The fourth-order valence-corrected chi connectivity index (χ4v) is 1.78. The van der Waals surface area contributed by atoms with Crippen LogP contribution >= 0.6 is 0 Å². The number of aliphatic hydroxyl groups excluding tert-OH is 1. The Labute approximate surface area is 99.7 Å². The number of benzene rings is 1. The van der Waals surface area contributed by atoms with Gasteiger partial charge in [0.25, 0.3) is 0 Å². The lowest BCUT2D eigenvalue weighted by Crippen LogP contribution is -2.17. The van der Waals surface area contributed by atoms with Crippen molar-refractivity contribution in [2.45, 2.75) is 19.1 Å². The van der Waals surface area contributed by atoms with Crippen molar-refractivity contribution in [3.63, 3.8) is 0 Å². The molecule has 0 bridgehead atoms. The maximum atomic E-state index is 12.6. The Bertz CT molecular complexity index is 613. The number of halogens is 3. The number of hydrogen-bond acceptors (Lipinski definition) is 2. The fraction of sp³-hybridized carbons (Fsp3) is 0.364. The van der Waals surface area contributed by atoms with Crippen molar-refractivity contribution in [2.75, 3.05) is 6.61 Å². The van der Waals surface area contributed by atoms with Crippen LogP contribution in [0.25, 0.3) is 11.0 Å². The first-order valence-corrected chi connectivity index (χ1v) is 5.34. The van der Waals surface area contributed by atoms with E-state index >= 15 is 0 Å². The van der Waals surface area contributed by atoms with E-state index in [9.17, 15) is 18.0 Å². The third-order valence-corrected chi connectivity index (χ3v) is 2.64. The van der Waals surface area contributed by atoms with Gasteiger partial charge in [-0.05, 0) is 24.6 Å². The van der Waals surface area contributed by atoms with Crippen molar-refractivity contribution >= 4 is 11.0 Å². The molecule has 2 rings (SSSR count). The van der Waals surface area contributed by atoms with Crippen LogP contribution < -0.4 is 5.69 Å². The molecule has 1 aromatic heterocycles. The van der Waals surface area contributed by atoms with Gasteiger partial charge in [-0.2, -0.15) is 13.2 Å². The van der Waals surface area contributed by atoms with Gasteiger partial charge in [-0.25, -0.2) is 4.79 Å². The largest absolute Gasteiger partial charge is 0.416 e. The zero-order chi connectivity index (χ0) is 13.3. The van der Waals surface area contributed by atoms with Crippen molar-refractivity contribution in [1.82, 2.24) is 9.55 Å². The molecule has 1 aromatic carbocycles. The molecule has 0 aliphatic carbocycles. The minimum atomic E-state index is -4.44. The Morgan fingerprint density at radius 3 is 2.67 bits per heavy atom. The number of H-pyrrole nitrogens is 1. The van der Waals surface area contributed by atoms with Gasteiger partial charge in [0.15, 0.2) is 0 Å². The van der Waals surface area contributed by atoms with Crippen LogP contribution in [0.15, 0.2) is 23.0 Å². The lowest BCUT2D eigenvalue weighted by atomic mass is 10.2. The van der Waals surface area contributed by atoms with Crippen LogP contribution in [0.4, 0.5) is 13.2 Å². The molecule has 0 amide bonds. The van der Waals surface area contributed by atoms with E-state index < -0.39 is 17.4 Å². The summed E-state index contributed by atoms with van der Waals surface area (Å²) >= 11 is 0. The number of aliphatic hydroxyl groups is 1. The van der Waals surface area contributed by atoms with E-state index in [1.165, 1.54) is 10.6 Å². The lowest BCUT2D eigenvalue weighted by Gasteiger charge is -2.07. The highest BCUT2D eigenvalue weighted by atomic mass is 19.4. The molecule has 4 nitrogen and oxygen atoms in total. The summed E-state index contributed by atoms with van der Waals surface area (Å²) < 4.78 is 38.9. The van der Waals surface area contributed by atoms with Gasteiger partial charge in [-0.3, -0.25) is 4.57 Å². The quantitative estimate of drug-likeness (QED) is 0.883. The fourth-order valence-electron chi connectivity index (χ4n) is 1.78. The second-order valence-corrected chi connectivity index (χ2v) is 3.89. The summed E-state index contributed by atoms with van der Waals surface area (Å²) in [6.07, 6.45) is -4.13. The van der Waals surface area contributed by atoms with Crippen LogP contribution in [0.5, 0.6) is 0 Å². The molecule has 0 saturated carbocycles. The van der Waals surface area contributed by atoms with Gasteiger partial charge in [-0.1, -0.05) is 0 Å². The van der Waals surface area contributed by atoms with Crippen molar-refractivity contribution in [2.24, 2.45) is 0 Å². The predicted octanol–water partition coefficient (Wildman–Crippen LogP) is 1.73. The van der Waals surface area contributed by atoms with E-state index in [0.29, 0.717) is 11.9 Å². The first-order chi connectivity index (χ1) is 8.43. The Balaban J connectivity index is 2.56. The van der Waals surface area contributed by atoms with E-state index in [-0.39, 0.29) is 18.7 Å². The van der Waals surface area contributed by atoms with E-state index in [4.69, 9.17) is 5.11 Å². The van der Waals surface area contributed by atoms with Gasteiger partial charge < -0.3 is 10.1 Å². The number of aryl methyl sites for hydroxylation is 1. The number of imidazole rings is 1. The summed E-state index contributed by atoms with van der Waals surface area (Å²) in [4.78, 5) is 14.0. The molecule has 0 atom stereocenters. The van der Waals surface area contributed by atoms with Gasteiger partial charge in [0.1, 0.15) is 0 Å². The first-order valence-electron chi connectivity index (χ1n) is 5.34. The maximum absolute atomic E-state index is 12.6. The highest BCUT2D eigenvalue weighted by Gasteiger charge is 2.30. The molecule has 98 valence electrons. The molecule has 1 heterocycles. The van der Waals surface area contributed by atoms with Crippen LogP contribution in [0.3, 0.4) is 0 Å². The molecule has 0 unspecified atom stereocenters. The monoisotopic (exact) mass is 260 g/mol. The van der Waals surface area contributed by atoms with Crippen LogP contribution in [0.2, 0.25) is 0 Å². The van der Waals surface area contributed by atoms with Gasteiger partial charge in [0, 0.05) is 13.2 Å². The molecule has 0 saturated heterocycles. The smallest absolute Gasteiger partial charge is 0.396 e. The number of nitrogens with one attached hydrogen (secondary N) is 1. The normalized spacial score (nSPS) is 12.2. The number of aromatic nitrogens is 2. The number of aromatic amines is 1. The van der Waals surface area contributed by atoms with Gasteiger partial charge in [0.05, 0.1) is 16.6 Å². The van der Waals surface area contributed by atoms with E-state index in [2.05, 4.69) is 4.98 Å². The van der Waals surface area contributed by atoms with Crippen molar-refractivity contribution in [3.05, 3.63) is 34.2 Å². The molecule has 2 N–H and O–H groups in total.